The molecule has 1 heterocycles. The minimum atomic E-state index is -0.365. The van der Waals surface area contributed by atoms with E-state index in [1.54, 1.807) is 18.2 Å². The number of hydrogen-bond acceptors (Lipinski definition) is 2. The number of hydrogen-bond donors (Lipinski definition) is 1. The number of rotatable bonds is 5. The van der Waals surface area contributed by atoms with Crippen molar-refractivity contribution < 1.29 is 14.0 Å². The molecule has 30 heavy (non-hydrogen) atoms. The lowest BCUT2D eigenvalue weighted by Gasteiger charge is -2.44. The van der Waals surface area contributed by atoms with Gasteiger partial charge >= 0.3 is 0 Å². The van der Waals surface area contributed by atoms with E-state index in [1.165, 1.54) is 12.1 Å². The third-order valence-corrected chi connectivity index (χ3v) is 6.36. The maximum atomic E-state index is 13.3. The van der Waals surface area contributed by atoms with E-state index >= 15 is 0 Å². The summed E-state index contributed by atoms with van der Waals surface area (Å²) in [5.41, 5.74) is 1.60. The summed E-state index contributed by atoms with van der Waals surface area (Å²) in [5, 5.41) is 3.25. The van der Waals surface area contributed by atoms with Crippen LogP contribution in [-0.4, -0.2) is 29.8 Å². The maximum absolute atomic E-state index is 13.3. The van der Waals surface area contributed by atoms with Gasteiger partial charge in [0, 0.05) is 25.1 Å². The number of benzene rings is 2. The van der Waals surface area contributed by atoms with Gasteiger partial charge in [0.05, 0.1) is 5.54 Å². The molecule has 4 rings (SSSR count). The van der Waals surface area contributed by atoms with E-state index in [2.05, 4.69) is 5.32 Å². The van der Waals surface area contributed by atoms with Crippen LogP contribution in [0.15, 0.2) is 60.7 Å². The second-order valence-corrected chi connectivity index (χ2v) is 8.28. The quantitative estimate of drug-likeness (QED) is 0.754. The fraction of sp³-hybridized carbons (Fsp3) is 0.360. The average molecular weight is 407 g/mol. The number of halogens is 1. The van der Waals surface area contributed by atoms with E-state index in [4.69, 9.17) is 0 Å². The van der Waals surface area contributed by atoms with E-state index in [9.17, 15) is 14.0 Å². The smallest absolute Gasteiger partial charge is 0.246 e. The molecular formula is C25H27FN2O2. The molecule has 0 aromatic heterocycles. The van der Waals surface area contributed by atoms with E-state index in [0.29, 0.717) is 25.9 Å². The van der Waals surface area contributed by atoms with Crippen molar-refractivity contribution in [3.8, 4) is 0 Å². The van der Waals surface area contributed by atoms with Gasteiger partial charge in [-0.2, -0.15) is 0 Å². The van der Waals surface area contributed by atoms with Gasteiger partial charge in [-0.25, -0.2) is 4.39 Å². The number of amides is 2. The lowest BCUT2D eigenvalue weighted by Crippen LogP contribution is -2.53. The molecule has 1 saturated carbocycles. The third kappa shape index (κ3) is 4.45. The Labute approximate surface area is 176 Å². The zero-order valence-corrected chi connectivity index (χ0v) is 17.0. The number of carbonyl (C=O) groups is 2. The number of carbonyl (C=O) groups excluding carboxylic acids is 2. The van der Waals surface area contributed by atoms with Gasteiger partial charge in [-0.15, -0.1) is 0 Å². The Bertz CT molecular complexity index is 912. The molecule has 4 nitrogen and oxygen atoms in total. The van der Waals surface area contributed by atoms with E-state index in [-0.39, 0.29) is 29.1 Å². The van der Waals surface area contributed by atoms with Gasteiger partial charge in [0.2, 0.25) is 11.8 Å². The number of nitrogens with zero attached hydrogens (tertiary/aromatic N) is 1. The van der Waals surface area contributed by atoms with E-state index < -0.39 is 0 Å². The molecule has 5 heteroatoms. The van der Waals surface area contributed by atoms with Crippen LogP contribution in [0.3, 0.4) is 0 Å². The fourth-order valence-electron chi connectivity index (χ4n) is 4.32. The third-order valence-electron chi connectivity index (χ3n) is 6.36. The highest BCUT2D eigenvalue weighted by atomic mass is 19.1. The number of likely N-dealkylation sites (tertiary alicyclic amines) is 1. The zero-order chi connectivity index (χ0) is 21.0. The Morgan fingerprint density at radius 2 is 1.67 bits per heavy atom. The molecular weight excluding hydrogens is 379 g/mol. The Kier molecular flexibility index (Phi) is 5.98. The van der Waals surface area contributed by atoms with E-state index in [0.717, 1.165) is 30.4 Å². The standard InChI is InChI=1S/C25H27FN2O2/c26-22-10-8-21(9-11-22)25(15-4-16-25)27-24(30)20-13-17-28(18-14-20)23(29)12-7-19-5-2-1-3-6-19/h1-3,5-12,20H,4,13-18H2,(H,27,30)/b12-7+. The normalized spacial score (nSPS) is 18.8. The SMILES string of the molecule is O=C(NC1(c2ccc(F)cc2)CCC1)C1CCN(C(=O)/C=C/c2ccccc2)CC1. The van der Waals surface area contributed by atoms with Crippen LogP contribution in [0.4, 0.5) is 4.39 Å². The molecule has 0 bridgehead atoms. The van der Waals surface area contributed by atoms with Crippen LogP contribution in [0.5, 0.6) is 0 Å². The Morgan fingerprint density at radius 3 is 2.27 bits per heavy atom. The first kappa shape index (κ1) is 20.3. The zero-order valence-electron chi connectivity index (χ0n) is 17.0. The van der Waals surface area contributed by atoms with Crippen molar-refractivity contribution in [1.82, 2.24) is 10.2 Å². The second-order valence-electron chi connectivity index (χ2n) is 8.28. The van der Waals surface area contributed by atoms with Crippen LogP contribution in [0.2, 0.25) is 0 Å². The predicted molar refractivity (Wildman–Crippen MR) is 115 cm³/mol. The van der Waals surface area contributed by atoms with Crippen LogP contribution in [0.25, 0.3) is 6.08 Å². The van der Waals surface area contributed by atoms with Crippen LogP contribution in [0, 0.1) is 11.7 Å². The molecule has 0 spiro atoms. The van der Waals surface area contributed by atoms with Crippen LogP contribution < -0.4 is 5.32 Å². The van der Waals surface area contributed by atoms with Gasteiger partial charge in [-0.1, -0.05) is 42.5 Å². The van der Waals surface area contributed by atoms with Crippen molar-refractivity contribution in [1.29, 1.82) is 0 Å². The van der Waals surface area contributed by atoms with Crippen molar-refractivity contribution in [2.24, 2.45) is 5.92 Å². The predicted octanol–water partition coefficient (Wildman–Crippen LogP) is 4.27. The highest BCUT2D eigenvalue weighted by Gasteiger charge is 2.41. The molecule has 1 N–H and O–H groups in total. The van der Waals surface area contributed by atoms with Gasteiger partial charge in [-0.05, 0) is 61.4 Å². The number of nitrogens with one attached hydrogen (secondary N) is 1. The van der Waals surface area contributed by atoms with Gasteiger partial charge in [-0.3, -0.25) is 9.59 Å². The van der Waals surface area contributed by atoms with E-state index in [1.807, 2.05) is 41.3 Å². The highest BCUT2D eigenvalue weighted by Crippen LogP contribution is 2.41. The summed E-state index contributed by atoms with van der Waals surface area (Å²) < 4.78 is 13.3. The fourth-order valence-corrected chi connectivity index (χ4v) is 4.32. The molecule has 0 radical (unpaired) electrons. The minimum Gasteiger partial charge on any atom is -0.346 e. The van der Waals surface area contributed by atoms with Crippen molar-refractivity contribution in [2.75, 3.05) is 13.1 Å². The minimum absolute atomic E-state index is 0.0144. The molecule has 0 atom stereocenters. The molecule has 1 saturated heterocycles. The molecule has 2 fully saturated rings. The van der Waals surface area contributed by atoms with Crippen molar-refractivity contribution >= 4 is 17.9 Å². The lowest BCUT2D eigenvalue weighted by atomic mass is 9.71. The Hall–Kier alpha value is -2.95. The van der Waals surface area contributed by atoms with Gasteiger partial charge in [0.25, 0.3) is 0 Å². The van der Waals surface area contributed by atoms with Gasteiger partial charge in [0.1, 0.15) is 5.82 Å². The van der Waals surface area contributed by atoms with Crippen LogP contribution in [-0.2, 0) is 15.1 Å². The molecule has 156 valence electrons. The van der Waals surface area contributed by atoms with Gasteiger partial charge in [0.15, 0.2) is 0 Å². The van der Waals surface area contributed by atoms with Crippen molar-refractivity contribution in [3.63, 3.8) is 0 Å². The Balaban J connectivity index is 1.31. The maximum Gasteiger partial charge on any atom is 0.246 e. The molecule has 2 aromatic rings. The summed E-state index contributed by atoms with van der Waals surface area (Å²) in [4.78, 5) is 27.2. The monoisotopic (exact) mass is 406 g/mol. The first-order valence-corrected chi connectivity index (χ1v) is 10.7. The average Bonchev–Trinajstić information content (AvgIpc) is 2.76. The molecule has 2 amide bonds. The van der Waals surface area contributed by atoms with Crippen LogP contribution in [0.1, 0.15) is 43.2 Å². The summed E-state index contributed by atoms with van der Waals surface area (Å²) in [6.07, 6.45) is 7.57. The number of piperidine rings is 1. The highest BCUT2D eigenvalue weighted by molar-refractivity contribution is 5.92. The van der Waals surface area contributed by atoms with Crippen molar-refractivity contribution in [2.45, 2.75) is 37.6 Å². The Morgan fingerprint density at radius 1 is 1.00 bits per heavy atom. The first-order valence-electron chi connectivity index (χ1n) is 10.7. The molecule has 1 aliphatic heterocycles. The topological polar surface area (TPSA) is 49.4 Å². The first-order chi connectivity index (χ1) is 14.6. The molecule has 0 unspecified atom stereocenters. The summed E-state index contributed by atoms with van der Waals surface area (Å²) in [7, 11) is 0. The molecule has 2 aromatic carbocycles. The molecule has 2 aliphatic rings. The molecule has 1 aliphatic carbocycles. The van der Waals surface area contributed by atoms with Gasteiger partial charge < -0.3 is 10.2 Å². The largest absolute Gasteiger partial charge is 0.346 e. The summed E-state index contributed by atoms with van der Waals surface area (Å²) in [5.74, 6) is -0.326. The summed E-state index contributed by atoms with van der Waals surface area (Å²) in [6, 6.07) is 16.2. The summed E-state index contributed by atoms with van der Waals surface area (Å²) >= 11 is 0. The lowest BCUT2D eigenvalue weighted by molar-refractivity contribution is -0.134. The second kappa shape index (κ2) is 8.82. The van der Waals surface area contributed by atoms with Crippen molar-refractivity contribution in [3.05, 3.63) is 77.6 Å². The van der Waals surface area contributed by atoms with Crippen LogP contribution >= 0.6 is 0 Å². The summed E-state index contributed by atoms with van der Waals surface area (Å²) in [6.45, 7) is 1.17.